The minimum Gasteiger partial charge on any atom is -0.371 e. The molecule has 0 spiro atoms. The van der Waals surface area contributed by atoms with E-state index < -0.39 is 0 Å². The van der Waals surface area contributed by atoms with Crippen LogP contribution in [0.4, 0.5) is 4.79 Å². The van der Waals surface area contributed by atoms with Gasteiger partial charge in [-0.25, -0.2) is 4.79 Å². The lowest BCUT2D eigenvalue weighted by molar-refractivity contribution is 0.176. The standard InChI is InChI=1S/C24H44N4OS.C2H6.C2H4/c1-7-22-8-9-24(5,18-22)10-11-28(16-17-30-20(2)3)23(29)25-19-21(4)27-14-12-26(6)13-15-27;2*1-2/h22H,2,4,7-19H2,1,3,5-6H3,(H,25,29);1-2H3;1-2H2. The quantitative estimate of drug-likeness (QED) is 0.335. The van der Waals surface area contributed by atoms with Gasteiger partial charge in [-0.05, 0) is 55.9 Å². The summed E-state index contributed by atoms with van der Waals surface area (Å²) in [5.74, 6) is 1.76. The van der Waals surface area contributed by atoms with Gasteiger partial charge >= 0.3 is 6.03 Å². The predicted molar refractivity (Wildman–Crippen MR) is 153 cm³/mol. The third kappa shape index (κ3) is 12.3. The van der Waals surface area contributed by atoms with Crippen LogP contribution in [-0.2, 0) is 0 Å². The summed E-state index contributed by atoms with van der Waals surface area (Å²) in [6.07, 6.45) is 6.31. The van der Waals surface area contributed by atoms with E-state index in [1.807, 2.05) is 25.7 Å². The smallest absolute Gasteiger partial charge is 0.317 e. The topological polar surface area (TPSA) is 38.8 Å². The Morgan fingerprint density at radius 2 is 1.76 bits per heavy atom. The molecule has 2 amide bonds. The number of thioether (sulfide) groups is 1. The highest BCUT2D eigenvalue weighted by molar-refractivity contribution is 8.03. The van der Waals surface area contributed by atoms with E-state index >= 15 is 0 Å². The molecule has 0 aromatic rings. The summed E-state index contributed by atoms with van der Waals surface area (Å²) < 4.78 is 0. The molecular weight excluding hydrogens is 440 g/mol. The number of urea groups is 1. The Hall–Kier alpha value is -1.40. The molecule has 0 radical (unpaired) electrons. The van der Waals surface area contributed by atoms with E-state index in [1.54, 1.807) is 11.8 Å². The van der Waals surface area contributed by atoms with Crippen molar-refractivity contribution >= 4 is 17.8 Å². The zero-order valence-corrected chi connectivity index (χ0v) is 24.1. The summed E-state index contributed by atoms with van der Waals surface area (Å²) in [7, 11) is 2.15. The predicted octanol–water partition coefficient (Wildman–Crippen LogP) is 6.46. The van der Waals surface area contributed by atoms with Crippen molar-refractivity contribution in [2.24, 2.45) is 11.3 Å². The molecule has 1 aliphatic heterocycles. The molecule has 0 bridgehead atoms. The third-order valence-corrected chi connectivity index (χ3v) is 7.77. The number of hydrogen-bond donors (Lipinski definition) is 1. The van der Waals surface area contributed by atoms with Crippen LogP contribution in [0.5, 0.6) is 0 Å². The summed E-state index contributed by atoms with van der Waals surface area (Å²) in [5, 5.41) is 3.14. The molecule has 2 unspecified atom stereocenters. The average molecular weight is 495 g/mol. The highest BCUT2D eigenvalue weighted by Crippen LogP contribution is 2.45. The molecule has 2 fully saturated rings. The Labute approximate surface area is 216 Å². The third-order valence-electron chi connectivity index (χ3n) is 6.89. The zero-order chi connectivity index (χ0) is 26.1. The van der Waals surface area contributed by atoms with Crippen LogP contribution in [0.1, 0.15) is 66.7 Å². The molecule has 1 saturated carbocycles. The zero-order valence-electron chi connectivity index (χ0n) is 23.3. The van der Waals surface area contributed by atoms with Gasteiger partial charge in [0.15, 0.2) is 0 Å². The molecule has 2 rings (SSSR count). The first-order valence-electron chi connectivity index (χ1n) is 13.1. The maximum absolute atomic E-state index is 13.0. The molecule has 0 aromatic heterocycles. The van der Waals surface area contributed by atoms with Crippen LogP contribution in [0.25, 0.3) is 0 Å². The van der Waals surface area contributed by atoms with Crippen molar-refractivity contribution in [2.45, 2.75) is 66.7 Å². The molecule has 1 aliphatic carbocycles. The van der Waals surface area contributed by atoms with E-state index in [0.29, 0.717) is 12.0 Å². The fourth-order valence-electron chi connectivity index (χ4n) is 4.60. The normalized spacial score (nSPS) is 22.1. The number of nitrogens with zero attached hydrogens (tertiary/aromatic N) is 3. The minimum atomic E-state index is 0.0428. The van der Waals surface area contributed by atoms with Gasteiger partial charge in [-0.2, -0.15) is 0 Å². The Morgan fingerprint density at radius 1 is 1.15 bits per heavy atom. The summed E-state index contributed by atoms with van der Waals surface area (Å²) in [6, 6.07) is 0.0428. The lowest BCUT2D eigenvalue weighted by Crippen LogP contribution is -2.47. The molecule has 1 heterocycles. The van der Waals surface area contributed by atoms with E-state index in [-0.39, 0.29) is 6.03 Å². The molecular formula is C28H54N4OS. The van der Waals surface area contributed by atoms with Gasteiger partial charge in [-0.1, -0.05) is 47.3 Å². The van der Waals surface area contributed by atoms with Crippen molar-refractivity contribution in [1.29, 1.82) is 0 Å². The summed E-state index contributed by atoms with van der Waals surface area (Å²) in [5.41, 5.74) is 1.39. The maximum Gasteiger partial charge on any atom is 0.317 e. The van der Waals surface area contributed by atoms with Crippen LogP contribution in [-0.4, -0.2) is 79.3 Å². The monoisotopic (exact) mass is 494 g/mol. The first-order chi connectivity index (χ1) is 16.2. The van der Waals surface area contributed by atoms with Crippen molar-refractivity contribution in [3.63, 3.8) is 0 Å². The van der Waals surface area contributed by atoms with Crippen molar-refractivity contribution in [1.82, 2.24) is 20.0 Å². The molecule has 1 saturated heterocycles. The first-order valence-corrected chi connectivity index (χ1v) is 14.1. The van der Waals surface area contributed by atoms with Gasteiger partial charge in [0.05, 0.1) is 6.54 Å². The molecule has 5 nitrogen and oxygen atoms in total. The van der Waals surface area contributed by atoms with Gasteiger partial charge in [-0.3, -0.25) is 0 Å². The van der Waals surface area contributed by atoms with Crippen molar-refractivity contribution in [3.8, 4) is 0 Å². The molecule has 198 valence electrons. The minimum absolute atomic E-state index is 0.0428. The second kappa shape index (κ2) is 18.0. The molecule has 34 heavy (non-hydrogen) atoms. The number of nitrogens with one attached hydrogen (secondary N) is 1. The number of allylic oxidation sites excluding steroid dienone is 1. The van der Waals surface area contributed by atoms with Crippen LogP contribution in [0.15, 0.2) is 36.9 Å². The highest BCUT2D eigenvalue weighted by Gasteiger charge is 2.34. The van der Waals surface area contributed by atoms with Gasteiger partial charge in [0.1, 0.15) is 0 Å². The largest absolute Gasteiger partial charge is 0.371 e. The molecule has 2 atom stereocenters. The number of carbonyl (C=O) groups is 1. The molecule has 0 aromatic carbocycles. The summed E-state index contributed by atoms with van der Waals surface area (Å²) >= 11 is 1.74. The van der Waals surface area contributed by atoms with Crippen molar-refractivity contribution in [2.75, 3.05) is 58.6 Å². The van der Waals surface area contributed by atoms with E-state index in [2.05, 4.69) is 62.3 Å². The first kappa shape index (κ1) is 32.6. The average Bonchev–Trinajstić information content (AvgIpc) is 3.23. The van der Waals surface area contributed by atoms with E-state index in [4.69, 9.17) is 0 Å². The number of piperazine rings is 1. The fourth-order valence-corrected chi connectivity index (χ4v) is 5.26. The number of rotatable bonds is 11. The number of likely N-dealkylation sites (N-methyl/N-ethyl adjacent to an activating group) is 1. The van der Waals surface area contributed by atoms with Crippen molar-refractivity contribution < 1.29 is 4.79 Å². The maximum atomic E-state index is 13.0. The van der Waals surface area contributed by atoms with E-state index in [1.165, 1.54) is 25.7 Å². The SMILES string of the molecule is C=C.C=C(C)SCCN(CCC1(C)CCC(CC)C1)C(=O)NCC(=C)N1CCN(C)CC1.CC. The van der Waals surface area contributed by atoms with Gasteiger partial charge in [0.25, 0.3) is 0 Å². The van der Waals surface area contributed by atoms with Crippen LogP contribution in [0, 0.1) is 11.3 Å². The highest BCUT2D eigenvalue weighted by atomic mass is 32.2. The Morgan fingerprint density at radius 3 is 2.29 bits per heavy atom. The van der Waals surface area contributed by atoms with Gasteiger partial charge in [0.2, 0.25) is 0 Å². The van der Waals surface area contributed by atoms with Crippen LogP contribution >= 0.6 is 11.8 Å². The number of hydrogen-bond acceptors (Lipinski definition) is 4. The number of carbonyl (C=O) groups excluding carboxylic acids is 1. The molecule has 6 heteroatoms. The summed E-state index contributed by atoms with van der Waals surface area (Å²) in [4.78, 5) is 20.7. The molecule has 1 N–H and O–H groups in total. The van der Waals surface area contributed by atoms with Crippen LogP contribution in [0.3, 0.4) is 0 Å². The molecule has 2 aliphatic rings. The van der Waals surface area contributed by atoms with E-state index in [0.717, 1.165) is 68.0 Å². The Balaban J connectivity index is 0.00000258. The Kier molecular flexibility index (Phi) is 17.2. The van der Waals surface area contributed by atoms with Gasteiger partial charge < -0.3 is 20.0 Å². The Bertz CT molecular complexity index is 603. The van der Waals surface area contributed by atoms with Gasteiger partial charge in [-0.15, -0.1) is 24.9 Å². The fraction of sp³-hybridized carbons (Fsp3) is 0.750. The number of amides is 2. The second-order valence-electron chi connectivity index (χ2n) is 9.63. The van der Waals surface area contributed by atoms with Gasteiger partial charge in [0, 0.05) is 50.7 Å². The lowest BCUT2D eigenvalue weighted by atomic mass is 9.83. The van der Waals surface area contributed by atoms with E-state index in [9.17, 15) is 4.79 Å². The second-order valence-corrected chi connectivity index (χ2v) is 11.0. The van der Waals surface area contributed by atoms with Crippen LogP contribution < -0.4 is 5.32 Å². The lowest BCUT2D eigenvalue weighted by Gasteiger charge is -2.35. The van der Waals surface area contributed by atoms with Crippen molar-refractivity contribution in [3.05, 3.63) is 36.9 Å². The van der Waals surface area contributed by atoms with Crippen LogP contribution in [0.2, 0.25) is 0 Å². The summed E-state index contributed by atoms with van der Waals surface area (Å²) in [6.45, 7) is 31.1.